The third kappa shape index (κ3) is 6.08. The van der Waals surface area contributed by atoms with Crippen molar-refractivity contribution in [3.63, 3.8) is 0 Å². The first-order chi connectivity index (χ1) is 15.6. The lowest BCUT2D eigenvalue weighted by Gasteiger charge is -2.24. The van der Waals surface area contributed by atoms with Crippen molar-refractivity contribution in [2.45, 2.75) is 11.1 Å². The molecule has 33 heavy (non-hydrogen) atoms. The quantitative estimate of drug-likeness (QED) is 0.394. The van der Waals surface area contributed by atoms with Gasteiger partial charge >= 0.3 is 6.18 Å². The molecule has 1 amide bonds. The largest absolute Gasteiger partial charge is 0.417 e. The van der Waals surface area contributed by atoms with Crippen LogP contribution in [0, 0.1) is 0 Å². The van der Waals surface area contributed by atoms with E-state index in [-0.39, 0.29) is 10.6 Å². The van der Waals surface area contributed by atoms with Crippen LogP contribution in [0.1, 0.15) is 11.3 Å². The van der Waals surface area contributed by atoms with Crippen molar-refractivity contribution in [1.29, 1.82) is 0 Å². The molecule has 0 spiro atoms. The number of nitrogens with zero attached hydrogens (tertiary/aromatic N) is 3. The Balaban J connectivity index is 1.95. The lowest BCUT2D eigenvalue weighted by molar-refractivity contribution is -0.137. The molecule has 0 bridgehead atoms. The van der Waals surface area contributed by atoms with Gasteiger partial charge in [0.15, 0.2) is 0 Å². The molecule has 7 nitrogen and oxygen atoms in total. The molecule has 0 unspecified atom stereocenters. The van der Waals surface area contributed by atoms with Crippen molar-refractivity contribution in [2.24, 2.45) is 5.10 Å². The van der Waals surface area contributed by atoms with Gasteiger partial charge in [0.25, 0.3) is 15.9 Å². The van der Waals surface area contributed by atoms with Gasteiger partial charge in [0, 0.05) is 6.20 Å². The molecular formula is C21H16ClF3N4O3S. The van der Waals surface area contributed by atoms with Gasteiger partial charge in [-0.3, -0.25) is 14.1 Å². The highest BCUT2D eigenvalue weighted by molar-refractivity contribution is 7.92. The molecule has 1 aromatic heterocycles. The number of nitrogens with one attached hydrogen (secondary N) is 1. The number of pyridine rings is 1. The summed E-state index contributed by atoms with van der Waals surface area (Å²) >= 11 is 5.66. The van der Waals surface area contributed by atoms with Crippen molar-refractivity contribution in [1.82, 2.24) is 10.4 Å². The molecule has 0 atom stereocenters. The summed E-state index contributed by atoms with van der Waals surface area (Å²) < 4.78 is 67.0. The van der Waals surface area contributed by atoms with E-state index in [1.807, 2.05) is 0 Å². The molecule has 0 saturated carbocycles. The molecule has 0 saturated heterocycles. The van der Waals surface area contributed by atoms with Gasteiger partial charge < -0.3 is 0 Å². The van der Waals surface area contributed by atoms with E-state index in [1.165, 1.54) is 36.7 Å². The number of hydrogen-bond acceptors (Lipinski definition) is 5. The van der Waals surface area contributed by atoms with E-state index in [9.17, 15) is 26.4 Å². The van der Waals surface area contributed by atoms with Gasteiger partial charge in [0.1, 0.15) is 6.54 Å². The predicted octanol–water partition coefficient (Wildman–Crippen LogP) is 4.10. The van der Waals surface area contributed by atoms with Gasteiger partial charge in [-0.15, -0.1) is 0 Å². The van der Waals surface area contributed by atoms with Crippen LogP contribution in [0.4, 0.5) is 18.9 Å². The summed E-state index contributed by atoms with van der Waals surface area (Å²) in [4.78, 5) is 16.2. The van der Waals surface area contributed by atoms with Crippen LogP contribution in [-0.4, -0.2) is 32.1 Å². The van der Waals surface area contributed by atoms with E-state index in [4.69, 9.17) is 11.6 Å². The minimum atomic E-state index is -4.83. The Hall–Kier alpha value is -3.44. The van der Waals surface area contributed by atoms with Crippen LogP contribution in [0.25, 0.3) is 0 Å². The van der Waals surface area contributed by atoms with Crippen molar-refractivity contribution in [3.8, 4) is 0 Å². The van der Waals surface area contributed by atoms with Gasteiger partial charge in [-0.05, 0) is 42.5 Å². The average molecular weight is 497 g/mol. The third-order valence-electron chi connectivity index (χ3n) is 4.24. The summed E-state index contributed by atoms with van der Waals surface area (Å²) in [5.41, 5.74) is 0.955. The zero-order chi connectivity index (χ0) is 24.1. The zero-order valence-corrected chi connectivity index (χ0v) is 18.3. The molecule has 1 heterocycles. The fourth-order valence-corrected chi connectivity index (χ4v) is 4.37. The van der Waals surface area contributed by atoms with E-state index in [0.29, 0.717) is 16.1 Å². The van der Waals surface area contributed by atoms with Crippen molar-refractivity contribution in [2.75, 3.05) is 10.8 Å². The fourth-order valence-electron chi connectivity index (χ4n) is 2.71. The summed E-state index contributed by atoms with van der Waals surface area (Å²) in [6.07, 6.45) is -2.08. The highest BCUT2D eigenvalue weighted by Gasteiger charge is 2.35. The highest BCUT2D eigenvalue weighted by atomic mass is 35.5. The maximum Gasteiger partial charge on any atom is 0.417 e. The molecule has 12 heteroatoms. The lowest BCUT2D eigenvalue weighted by Crippen LogP contribution is -2.39. The van der Waals surface area contributed by atoms with Gasteiger partial charge in [-0.25, -0.2) is 13.8 Å². The molecule has 0 aliphatic rings. The van der Waals surface area contributed by atoms with Gasteiger partial charge in [-0.1, -0.05) is 35.9 Å². The normalized spacial score (nSPS) is 12.0. The summed E-state index contributed by atoms with van der Waals surface area (Å²) in [5, 5.41) is 3.10. The molecule has 3 aromatic rings. The monoisotopic (exact) mass is 496 g/mol. The van der Waals surface area contributed by atoms with Crippen molar-refractivity contribution >= 4 is 39.4 Å². The van der Waals surface area contributed by atoms with E-state index < -0.39 is 39.2 Å². The maximum absolute atomic E-state index is 13.3. The van der Waals surface area contributed by atoms with Gasteiger partial charge in [0.2, 0.25) is 0 Å². The number of amides is 1. The number of sulfonamides is 1. The number of aromatic nitrogens is 1. The van der Waals surface area contributed by atoms with Crippen LogP contribution in [0.2, 0.25) is 5.02 Å². The molecule has 172 valence electrons. The Bertz CT molecular complexity index is 1250. The number of carbonyl (C=O) groups excluding carboxylic acids is 1. The van der Waals surface area contributed by atoms with Crippen LogP contribution >= 0.6 is 11.6 Å². The molecule has 0 radical (unpaired) electrons. The second-order valence-electron chi connectivity index (χ2n) is 6.53. The number of rotatable bonds is 7. The summed E-state index contributed by atoms with van der Waals surface area (Å²) in [6.45, 7) is -0.838. The van der Waals surface area contributed by atoms with E-state index in [0.717, 1.165) is 12.1 Å². The van der Waals surface area contributed by atoms with E-state index >= 15 is 0 Å². The van der Waals surface area contributed by atoms with Crippen LogP contribution in [-0.2, 0) is 21.0 Å². The lowest BCUT2D eigenvalue weighted by atomic mass is 10.2. The Labute approximate surface area is 192 Å². The van der Waals surface area contributed by atoms with Crippen LogP contribution in [0.3, 0.4) is 0 Å². The Morgan fingerprint density at radius 1 is 1.09 bits per heavy atom. The van der Waals surface area contributed by atoms with Crippen LogP contribution in [0.15, 0.2) is 82.9 Å². The smallest absolute Gasteiger partial charge is 0.271 e. The summed E-state index contributed by atoms with van der Waals surface area (Å²) in [6, 6.07) is 14.6. The maximum atomic E-state index is 13.3. The number of alkyl halides is 3. The number of halogens is 4. The Morgan fingerprint density at radius 2 is 1.79 bits per heavy atom. The topological polar surface area (TPSA) is 91.7 Å². The van der Waals surface area contributed by atoms with Crippen molar-refractivity contribution in [3.05, 3.63) is 89.2 Å². The number of carbonyl (C=O) groups is 1. The van der Waals surface area contributed by atoms with Crippen LogP contribution < -0.4 is 9.73 Å². The number of anilines is 1. The second-order valence-corrected chi connectivity index (χ2v) is 8.80. The van der Waals surface area contributed by atoms with E-state index in [1.54, 1.807) is 24.3 Å². The number of hydrogen-bond donors (Lipinski definition) is 1. The third-order valence-corrected chi connectivity index (χ3v) is 6.35. The standard InChI is InChI=1S/C21H16ClF3N4O3S/c22-19-10-9-16(12-18(19)21(23,24)25)29(33(31,32)17-7-2-1-3-8-17)14-20(30)28-27-13-15-6-4-5-11-26-15/h1-13H,14H2,(H,28,30)/b27-13-. The highest BCUT2D eigenvalue weighted by Crippen LogP contribution is 2.37. The first kappa shape index (κ1) is 24.2. The number of hydrazone groups is 1. The zero-order valence-electron chi connectivity index (χ0n) is 16.7. The molecule has 3 rings (SSSR count). The fraction of sp³-hybridized carbons (Fsp3) is 0.0952. The Kier molecular flexibility index (Phi) is 7.34. The first-order valence-electron chi connectivity index (χ1n) is 9.26. The molecule has 0 aliphatic heterocycles. The average Bonchev–Trinajstić information content (AvgIpc) is 2.78. The van der Waals surface area contributed by atoms with Gasteiger partial charge in [-0.2, -0.15) is 18.3 Å². The first-order valence-corrected chi connectivity index (χ1v) is 11.1. The SMILES string of the molecule is O=C(CN(c1ccc(Cl)c(C(F)(F)F)c1)S(=O)(=O)c1ccccc1)N/N=C\c1ccccn1. The van der Waals surface area contributed by atoms with E-state index in [2.05, 4.69) is 15.5 Å². The molecule has 0 fully saturated rings. The Morgan fingerprint density at radius 3 is 2.42 bits per heavy atom. The van der Waals surface area contributed by atoms with Crippen molar-refractivity contribution < 1.29 is 26.4 Å². The molecular weight excluding hydrogens is 481 g/mol. The number of benzene rings is 2. The molecule has 0 aliphatic carbocycles. The summed E-state index contributed by atoms with van der Waals surface area (Å²) in [7, 11) is -4.40. The van der Waals surface area contributed by atoms with Crippen LogP contribution in [0.5, 0.6) is 0 Å². The second kappa shape index (κ2) is 10.0. The minimum Gasteiger partial charge on any atom is -0.271 e. The molecule has 1 N–H and O–H groups in total. The summed E-state index contributed by atoms with van der Waals surface area (Å²) in [5.74, 6) is -0.884. The van der Waals surface area contributed by atoms with Gasteiger partial charge in [0.05, 0.1) is 33.1 Å². The molecule has 2 aromatic carbocycles. The minimum absolute atomic E-state index is 0.210. The predicted molar refractivity (Wildman–Crippen MR) is 117 cm³/mol.